The molecule has 0 fully saturated rings. The van der Waals surface area contributed by atoms with Gasteiger partial charge in [-0.25, -0.2) is 19.0 Å². The Hall–Kier alpha value is -4.27. The first-order valence-corrected chi connectivity index (χ1v) is 10.6. The van der Waals surface area contributed by atoms with Crippen LogP contribution in [0.3, 0.4) is 0 Å². The number of esters is 2. The number of aromatic nitrogens is 5. The first kappa shape index (κ1) is 21.9. The van der Waals surface area contributed by atoms with Crippen molar-refractivity contribution in [2.24, 2.45) is 0 Å². The van der Waals surface area contributed by atoms with E-state index in [9.17, 15) is 9.59 Å². The third kappa shape index (κ3) is 4.67. The minimum absolute atomic E-state index is 0.0539. The molecule has 168 valence electrons. The average Bonchev–Trinajstić information content (AvgIpc) is 3.45. The van der Waals surface area contributed by atoms with Crippen molar-refractivity contribution in [3.05, 3.63) is 83.8 Å². The van der Waals surface area contributed by atoms with Gasteiger partial charge in [-0.15, -0.1) is 5.10 Å². The second-order valence-electron chi connectivity index (χ2n) is 7.03. The summed E-state index contributed by atoms with van der Waals surface area (Å²) < 4.78 is 13.3. The van der Waals surface area contributed by atoms with Crippen LogP contribution < -0.4 is 0 Å². The smallest absolute Gasteiger partial charge is 0.361 e. The zero-order chi connectivity index (χ0) is 23.2. The topological polar surface area (TPSA) is 101 Å². The maximum absolute atomic E-state index is 12.7. The summed E-state index contributed by atoms with van der Waals surface area (Å²) in [4.78, 5) is 25.0. The highest BCUT2D eigenvalue weighted by Crippen LogP contribution is 2.25. The number of carbonyl (C=O) groups is 2. The molecule has 0 saturated heterocycles. The molecule has 0 spiro atoms. The predicted octanol–water partition coefficient (Wildman–Crippen LogP) is 3.53. The number of ether oxygens (including phenoxy) is 2. The summed E-state index contributed by atoms with van der Waals surface area (Å²) in [5.74, 6) is -1.42. The Morgan fingerprint density at radius 3 is 2.18 bits per heavy atom. The minimum atomic E-state index is -0.727. The van der Waals surface area contributed by atoms with Crippen LogP contribution in [0.1, 0.15) is 40.4 Å². The Labute approximate surface area is 190 Å². The van der Waals surface area contributed by atoms with Crippen LogP contribution in [-0.2, 0) is 16.0 Å². The van der Waals surface area contributed by atoms with Gasteiger partial charge in [0.1, 0.15) is 0 Å². The second-order valence-corrected chi connectivity index (χ2v) is 7.03. The molecule has 0 N–H and O–H groups in total. The molecule has 9 nitrogen and oxygen atoms in total. The number of carbonyl (C=O) groups excluding carboxylic acids is 2. The molecule has 9 heteroatoms. The Morgan fingerprint density at radius 2 is 1.52 bits per heavy atom. The Kier molecular flexibility index (Phi) is 6.58. The van der Waals surface area contributed by atoms with Gasteiger partial charge < -0.3 is 9.47 Å². The van der Waals surface area contributed by atoms with Crippen molar-refractivity contribution in [1.82, 2.24) is 24.8 Å². The normalized spacial score (nSPS) is 10.7. The Bertz CT molecular complexity index is 1250. The van der Waals surface area contributed by atoms with Gasteiger partial charge in [-0.1, -0.05) is 53.7 Å². The van der Waals surface area contributed by atoms with Gasteiger partial charge in [0.15, 0.2) is 5.69 Å². The molecule has 0 bridgehead atoms. The van der Waals surface area contributed by atoms with Crippen LogP contribution in [0, 0.1) is 0 Å². The molecule has 0 amide bonds. The van der Waals surface area contributed by atoms with E-state index < -0.39 is 11.9 Å². The van der Waals surface area contributed by atoms with Gasteiger partial charge in [-0.05, 0) is 26.0 Å². The van der Waals surface area contributed by atoms with Gasteiger partial charge in [0.2, 0.25) is 5.69 Å². The summed E-state index contributed by atoms with van der Waals surface area (Å²) in [6, 6.07) is 19.4. The summed E-state index contributed by atoms with van der Waals surface area (Å²) >= 11 is 0. The van der Waals surface area contributed by atoms with Crippen LogP contribution in [0.2, 0.25) is 0 Å². The summed E-state index contributed by atoms with van der Waals surface area (Å²) in [5.41, 5.74) is 3.08. The highest BCUT2D eigenvalue weighted by Gasteiger charge is 2.28. The van der Waals surface area contributed by atoms with Crippen LogP contribution in [-0.4, -0.2) is 49.9 Å². The molecule has 2 aromatic heterocycles. The monoisotopic (exact) mass is 445 g/mol. The van der Waals surface area contributed by atoms with Gasteiger partial charge in [0, 0.05) is 17.3 Å². The second kappa shape index (κ2) is 9.90. The van der Waals surface area contributed by atoms with Gasteiger partial charge in [0.05, 0.1) is 31.1 Å². The first-order chi connectivity index (χ1) is 16.1. The van der Waals surface area contributed by atoms with Crippen molar-refractivity contribution >= 4 is 11.9 Å². The SMILES string of the molecule is CCOC(=O)c1nnn(Cc2cn(-c3ccccc3)nc2-c2ccccc2)c1C(=O)OCC. The van der Waals surface area contributed by atoms with E-state index in [0.29, 0.717) is 0 Å². The zero-order valence-corrected chi connectivity index (χ0v) is 18.3. The fourth-order valence-electron chi connectivity index (χ4n) is 3.40. The third-order valence-corrected chi connectivity index (χ3v) is 4.85. The lowest BCUT2D eigenvalue weighted by Gasteiger charge is -2.07. The van der Waals surface area contributed by atoms with Gasteiger partial charge in [-0.2, -0.15) is 5.10 Å². The summed E-state index contributed by atoms with van der Waals surface area (Å²) in [5, 5.41) is 12.8. The Balaban J connectivity index is 1.79. The molecule has 0 aliphatic rings. The van der Waals surface area contributed by atoms with E-state index in [-0.39, 0.29) is 31.1 Å². The van der Waals surface area contributed by atoms with Crippen LogP contribution in [0.5, 0.6) is 0 Å². The lowest BCUT2D eigenvalue weighted by molar-refractivity contribution is 0.0467. The minimum Gasteiger partial charge on any atom is -0.461 e. The van der Waals surface area contributed by atoms with Gasteiger partial charge >= 0.3 is 11.9 Å². The number of hydrogen-bond acceptors (Lipinski definition) is 7. The first-order valence-electron chi connectivity index (χ1n) is 10.6. The van der Waals surface area contributed by atoms with Crippen molar-refractivity contribution < 1.29 is 19.1 Å². The predicted molar refractivity (Wildman–Crippen MR) is 120 cm³/mol. The molecule has 0 aliphatic carbocycles. The summed E-state index contributed by atoms with van der Waals surface area (Å²) in [6.45, 7) is 3.81. The maximum Gasteiger partial charge on any atom is 0.361 e. The van der Waals surface area contributed by atoms with E-state index in [0.717, 1.165) is 22.5 Å². The number of hydrogen-bond donors (Lipinski definition) is 0. The van der Waals surface area contributed by atoms with E-state index in [4.69, 9.17) is 14.6 Å². The highest BCUT2D eigenvalue weighted by molar-refractivity contribution is 6.00. The molecule has 2 heterocycles. The fourth-order valence-corrected chi connectivity index (χ4v) is 3.40. The van der Waals surface area contributed by atoms with Crippen LogP contribution >= 0.6 is 0 Å². The Morgan fingerprint density at radius 1 is 0.879 bits per heavy atom. The van der Waals surface area contributed by atoms with Crippen molar-refractivity contribution in [3.8, 4) is 16.9 Å². The van der Waals surface area contributed by atoms with Crippen LogP contribution in [0.25, 0.3) is 16.9 Å². The molecule has 33 heavy (non-hydrogen) atoms. The molecular formula is C24H23N5O4. The lowest BCUT2D eigenvalue weighted by atomic mass is 10.1. The highest BCUT2D eigenvalue weighted by atomic mass is 16.5. The number of rotatable bonds is 8. The van der Waals surface area contributed by atoms with E-state index >= 15 is 0 Å². The molecular weight excluding hydrogens is 422 g/mol. The standard InChI is InChI=1S/C24H23N5O4/c1-3-32-23(30)21-22(24(31)33-4-2)29(27-25-21)16-18-15-28(19-13-9-6-10-14-19)26-20(18)17-11-7-5-8-12-17/h5-15H,3-4,16H2,1-2H3. The largest absolute Gasteiger partial charge is 0.461 e. The summed E-state index contributed by atoms with van der Waals surface area (Å²) in [7, 11) is 0. The van der Waals surface area contributed by atoms with Crippen molar-refractivity contribution in [2.75, 3.05) is 13.2 Å². The number of nitrogens with zero attached hydrogens (tertiary/aromatic N) is 5. The van der Waals surface area contributed by atoms with Crippen LogP contribution in [0.4, 0.5) is 0 Å². The average molecular weight is 445 g/mol. The van der Waals surface area contributed by atoms with E-state index in [1.165, 1.54) is 4.68 Å². The van der Waals surface area contributed by atoms with Crippen molar-refractivity contribution in [1.29, 1.82) is 0 Å². The quantitative estimate of drug-likeness (QED) is 0.382. The molecule has 0 unspecified atom stereocenters. The van der Waals surface area contributed by atoms with E-state index in [1.807, 2.05) is 66.9 Å². The zero-order valence-electron chi connectivity index (χ0n) is 18.3. The third-order valence-electron chi connectivity index (χ3n) is 4.85. The van der Waals surface area contributed by atoms with E-state index in [1.54, 1.807) is 18.5 Å². The number of para-hydroxylation sites is 1. The molecule has 0 saturated carbocycles. The lowest BCUT2D eigenvalue weighted by Crippen LogP contribution is -2.18. The van der Waals surface area contributed by atoms with E-state index in [2.05, 4.69) is 10.3 Å². The molecule has 0 radical (unpaired) electrons. The van der Waals surface area contributed by atoms with Gasteiger partial charge in [0.25, 0.3) is 0 Å². The summed E-state index contributed by atoms with van der Waals surface area (Å²) in [6.07, 6.45) is 1.87. The molecule has 4 aromatic rings. The van der Waals surface area contributed by atoms with Crippen molar-refractivity contribution in [3.63, 3.8) is 0 Å². The molecule has 4 rings (SSSR count). The fraction of sp³-hybridized carbons (Fsp3) is 0.208. The molecule has 0 aliphatic heterocycles. The van der Waals surface area contributed by atoms with Crippen molar-refractivity contribution in [2.45, 2.75) is 20.4 Å². The molecule has 0 atom stereocenters. The van der Waals surface area contributed by atoms with Crippen LogP contribution in [0.15, 0.2) is 66.9 Å². The number of benzene rings is 2. The van der Waals surface area contributed by atoms with Gasteiger partial charge in [-0.3, -0.25) is 0 Å². The maximum atomic E-state index is 12.7. The molecule has 2 aromatic carbocycles.